The molecule has 1 rings (SSSR count). The fraction of sp³-hybridized carbons (Fsp3) is 0.833. The number of carbonyl (C=O) groups excluding carboxylic acids is 1. The Hall–Kier alpha value is -0.270. The Morgan fingerprint density at radius 3 is 2.62 bits per heavy atom. The Morgan fingerprint density at radius 2 is 2.23 bits per heavy atom. The molecule has 4 nitrogen and oxygen atoms in total. The van der Waals surface area contributed by atoms with E-state index in [1.165, 1.54) is 0 Å². The molecule has 2 atom stereocenters. The quantitative estimate of drug-likeness (QED) is 0.679. The maximum atomic E-state index is 12.3. The molecule has 2 unspecified atom stereocenters. The van der Waals surface area contributed by atoms with Crippen LogP contribution in [0.5, 0.6) is 0 Å². The van der Waals surface area contributed by atoms with Crippen LogP contribution in [0.1, 0.15) is 0 Å². The Kier molecular flexibility index (Phi) is 3.20. The number of halogens is 3. The van der Waals surface area contributed by atoms with Crippen molar-refractivity contribution in [2.75, 3.05) is 13.2 Å². The van der Waals surface area contributed by atoms with Crippen LogP contribution in [0.15, 0.2) is 0 Å². The lowest BCUT2D eigenvalue weighted by molar-refractivity contribution is -0.135. The van der Waals surface area contributed by atoms with Crippen molar-refractivity contribution in [2.24, 2.45) is 0 Å². The highest BCUT2D eigenvalue weighted by Crippen LogP contribution is 2.22. The predicted molar refractivity (Wildman–Crippen MR) is 42.6 cm³/mol. The molecule has 0 aromatic heterocycles. The highest BCUT2D eigenvalue weighted by Gasteiger charge is 2.38. The minimum atomic E-state index is -3.60. The zero-order valence-electron chi connectivity index (χ0n) is 6.47. The molecule has 0 saturated carbocycles. The summed E-state index contributed by atoms with van der Waals surface area (Å²) in [5, 5.41) is 11.1. The average molecular weight is 260 g/mol. The summed E-state index contributed by atoms with van der Waals surface area (Å²) in [6, 6.07) is -0.754. The van der Waals surface area contributed by atoms with E-state index in [1.807, 2.05) is 21.2 Å². The number of amides is 1. The first-order chi connectivity index (χ1) is 5.91. The molecule has 1 aliphatic rings. The number of carbonyl (C=O) groups is 1. The van der Waals surface area contributed by atoms with Crippen molar-refractivity contribution in [2.45, 2.75) is 17.0 Å². The van der Waals surface area contributed by atoms with Crippen molar-refractivity contribution < 1.29 is 23.4 Å². The highest BCUT2D eigenvalue weighted by atomic mass is 79.9. The van der Waals surface area contributed by atoms with Crippen LogP contribution in [0.4, 0.5) is 8.78 Å². The number of hydrogen-bond donors (Lipinski definition) is 2. The molecule has 0 bridgehead atoms. The summed E-state index contributed by atoms with van der Waals surface area (Å²) >= 11 is 1.90. The number of aliphatic hydroxyl groups is 1. The molecule has 1 amide bonds. The van der Waals surface area contributed by atoms with Crippen molar-refractivity contribution in [1.29, 1.82) is 0 Å². The SMILES string of the molecule is O=C(NC1COCC1O)C(F)(F)Br. The van der Waals surface area contributed by atoms with Gasteiger partial charge in [0.25, 0.3) is 0 Å². The summed E-state index contributed by atoms with van der Waals surface area (Å²) in [4.78, 5) is 7.09. The number of ether oxygens (including phenoxy) is 1. The highest BCUT2D eigenvalue weighted by molar-refractivity contribution is 9.10. The Labute approximate surface area is 81.4 Å². The second kappa shape index (κ2) is 3.85. The van der Waals surface area contributed by atoms with E-state index in [9.17, 15) is 13.6 Å². The van der Waals surface area contributed by atoms with Crippen LogP contribution in [0.25, 0.3) is 0 Å². The fourth-order valence-electron chi connectivity index (χ4n) is 0.931. The van der Waals surface area contributed by atoms with Gasteiger partial charge in [-0.25, -0.2) is 0 Å². The van der Waals surface area contributed by atoms with Gasteiger partial charge in [0, 0.05) is 15.9 Å². The number of aliphatic hydroxyl groups excluding tert-OH is 1. The molecule has 13 heavy (non-hydrogen) atoms. The van der Waals surface area contributed by atoms with Gasteiger partial charge in [-0.1, -0.05) is 0 Å². The van der Waals surface area contributed by atoms with E-state index in [1.54, 1.807) is 0 Å². The van der Waals surface area contributed by atoms with Gasteiger partial charge in [-0.3, -0.25) is 4.79 Å². The molecule has 76 valence electrons. The summed E-state index contributed by atoms with van der Waals surface area (Å²) in [5.74, 6) is -1.47. The first-order valence-corrected chi connectivity index (χ1v) is 4.34. The topological polar surface area (TPSA) is 58.6 Å². The van der Waals surface area contributed by atoms with Crippen LogP contribution in [0, 0.1) is 0 Å². The Morgan fingerprint density at radius 1 is 1.62 bits per heavy atom. The first-order valence-electron chi connectivity index (χ1n) is 3.55. The van der Waals surface area contributed by atoms with Gasteiger partial charge < -0.3 is 15.2 Å². The lowest BCUT2D eigenvalue weighted by atomic mass is 10.2. The molecule has 7 heteroatoms. The first kappa shape index (κ1) is 10.8. The van der Waals surface area contributed by atoms with E-state index < -0.39 is 22.9 Å². The van der Waals surface area contributed by atoms with E-state index in [-0.39, 0.29) is 13.2 Å². The van der Waals surface area contributed by atoms with Crippen LogP contribution < -0.4 is 5.32 Å². The standard InChI is InChI=1S/C6H8BrF2NO3/c7-6(8,9)5(12)10-3-1-13-2-4(3)11/h3-4,11H,1-2H2,(H,10,12). The van der Waals surface area contributed by atoms with Crippen molar-refractivity contribution in [3.63, 3.8) is 0 Å². The van der Waals surface area contributed by atoms with Gasteiger partial charge in [-0.05, 0) is 0 Å². The minimum absolute atomic E-state index is 0.0516. The lowest BCUT2D eigenvalue weighted by Gasteiger charge is -2.16. The molecule has 1 aliphatic heterocycles. The monoisotopic (exact) mass is 259 g/mol. The molecule has 2 N–H and O–H groups in total. The average Bonchev–Trinajstić information content (AvgIpc) is 2.34. The third kappa shape index (κ3) is 2.85. The van der Waals surface area contributed by atoms with Crippen molar-refractivity contribution in [3.8, 4) is 0 Å². The van der Waals surface area contributed by atoms with E-state index in [2.05, 4.69) is 0 Å². The maximum Gasteiger partial charge on any atom is 0.377 e. The largest absolute Gasteiger partial charge is 0.388 e. The number of rotatable bonds is 2. The summed E-state index contributed by atoms with van der Waals surface area (Å²) in [6.07, 6.45) is -0.918. The lowest BCUT2D eigenvalue weighted by Crippen LogP contribution is -2.47. The second-order valence-corrected chi connectivity index (χ2v) is 3.68. The van der Waals surface area contributed by atoms with Gasteiger partial charge >= 0.3 is 10.7 Å². The van der Waals surface area contributed by atoms with Crippen LogP contribution >= 0.6 is 15.9 Å². The van der Waals surface area contributed by atoms with Crippen LogP contribution in [-0.4, -0.2) is 41.2 Å². The zero-order valence-corrected chi connectivity index (χ0v) is 8.05. The summed E-state index contributed by atoms with van der Waals surface area (Å²) in [6.45, 7) is 0.106. The van der Waals surface area contributed by atoms with Crippen LogP contribution in [0.2, 0.25) is 0 Å². The van der Waals surface area contributed by atoms with Gasteiger partial charge in [0.15, 0.2) is 0 Å². The summed E-state index contributed by atoms with van der Waals surface area (Å²) in [7, 11) is 0. The maximum absolute atomic E-state index is 12.3. The van der Waals surface area contributed by atoms with Crippen LogP contribution in [0.3, 0.4) is 0 Å². The number of alkyl halides is 3. The van der Waals surface area contributed by atoms with Gasteiger partial charge in [0.2, 0.25) is 0 Å². The molecular formula is C6H8BrF2NO3. The molecular weight excluding hydrogens is 252 g/mol. The molecule has 0 radical (unpaired) electrons. The third-order valence-electron chi connectivity index (χ3n) is 1.62. The van der Waals surface area contributed by atoms with Crippen LogP contribution in [-0.2, 0) is 9.53 Å². The van der Waals surface area contributed by atoms with Crippen molar-refractivity contribution in [1.82, 2.24) is 5.32 Å². The molecule has 1 heterocycles. The third-order valence-corrected chi connectivity index (χ3v) is 1.98. The van der Waals surface area contributed by atoms with Gasteiger partial charge in [-0.2, -0.15) is 8.78 Å². The summed E-state index contributed by atoms with van der Waals surface area (Å²) < 4.78 is 29.3. The van der Waals surface area contributed by atoms with Gasteiger partial charge in [-0.15, -0.1) is 0 Å². The van der Waals surface area contributed by atoms with Crippen molar-refractivity contribution in [3.05, 3.63) is 0 Å². The molecule has 0 aliphatic carbocycles. The number of hydrogen-bond acceptors (Lipinski definition) is 3. The van der Waals surface area contributed by atoms with E-state index in [0.717, 1.165) is 0 Å². The minimum Gasteiger partial charge on any atom is -0.388 e. The Balaban J connectivity index is 2.45. The molecule has 0 spiro atoms. The van der Waals surface area contributed by atoms with Gasteiger partial charge in [0.05, 0.1) is 25.4 Å². The molecule has 1 fully saturated rings. The van der Waals surface area contributed by atoms with E-state index in [0.29, 0.717) is 0 Å². The fourth-order valence-corrected chi connectivity index (χ4v) is 1.05. The predicted octanol–water partition coefficient (Wildman–Crippen LogP) is -0.150. The van der Waals surface area contributed by atoms with Gasteiger partial charge in [0.1, 0.15) is 0 Å². The Bertz CT molecular complexity index is 209. The smallest absolute Gasteiger partial charge is 0.377 e. The molecule has 0 aromatic rings. The normalized spacial score (nSPS) is 28.9. The number of nitrogens with one attached hydrogen (secondary N) is 1. The molecule has 0 aromatic carbocycles. The summed E-state index contributed by atoms with van der Waals surface area (Å²) in [5.41, 5.74) is 0. The second-order valence-electron chi connectivity index (χ2n) is 2.68. The molecule has 1 saturated heterocycles. The van der Waals surface area contributed by atoms with Crippen molar-refractivity contribution >= 4 is 21.8 Å². The van der Waals surface area contributed by atoms with E-state index in [4.69, 9.17) is 9.84 Å². The zero-order chi connectivity index (χ0) is 10.1. The van der Waals surface area contributed by atoms with E-state index >= 15 is 0 Å².